The Balaban J connectivity index is 1.70. The van der Waals surface area contributed by atoms with Crippen LogP contribution in [0.25, 0.3) is 11.2 Å². The molecule has 0 spiro atoms. The lowest BCUT2D eigenvalue weighted by Gasteiger charge is -2.10. The predicted molar refractivity (Wildman–Crippen MR) is 121 cm³/mol. The number of imidazole rings is 1. The van der Waals surface area contributed by atoms with E-state index in [9.17, 15) is 23.2 Å². The van der Waals surface area contributed by atoms with Gasteiger partial charge in [-0.2, -0.15) is 0 Å². The highest BCUT2D eigenvalue weighted by Crippen LogP contribution is 2.23. The first-order valence-corrected chi connectivity index (χ1v) is 10.8. The first kappa shape index (κ1) is 22.5. The number of amides is 1. The summed E-state index contributed by atoms with van der Waals surface area (Å²) in [6.07, 6.45) is 0. The van der Waals surface area contributed by atoms with Crippen LogP contribution >= 0.6 is 11.8 Å². The van der Waals surface area contributed by atoms with Gasteiger partial charge in [-0.15, -0.1) is 0 Å². The van der Waals surface area contributed by atoms with Crippen molar-refractivity contribution in [1.82, 2.24) is 18.7 Å². The lowest BCUT2D eigenvalue weighted by molar-refractivity contribution is -0.113. The summed E-state index contributed by atoms with van der Waals surface area (Å²) in [6, 6.07) is 11.3. The number of nitrogens with one attached hydrogen (secondary N) is 1. The van der Waals surface area contributed by atoms with Crippen LogP contribution in [0.1, 0.15) is 5.56 Å². The number of anilines is 1. The van der Waals surface area contributed by atoms with Gasteiger partial charge in [0.15, 0.2) is 16.3 Å². The molecule has 0 aliphatic heterocycles. The van der Waals surface area contributed by atoms with Gasteiger partial charge in [0.2, 0.25) is 5.91 Å². The molecule has 11 heteroatoms. The van der Waals surface area contributed by atoms with Crippen molar-refractivity contribution in [2.24, 2.45) is 14.1 Å². The van der Waals surface area contributed by atoms with Crippen LogP contribution < -0.4 is 16.6 Å². The zero-order chi connectivity index (χ0) is 23.7. The fourth-order valence-electron chi connectivity index (χ4n) is 3.35. The maximum atomic E-state index is 13.4. The molecule has 1 amide bonds. The standard InChI is InChI=1S/C22H19F2N5O3S/c1-27-19-18(20(31)28(2)22(27)32)29(11-13-6-8-14(23)9-7-13)21(26-19)33-12-17(30)25-16-5-3-4-15(24)10-16/h3-10H,11-12H2,1-2H3,(H,25,30). The van der Waals surface area contributed by atoms with E-state index in [1.165, 1.54) is 49.0 Å². The maximum Gasteiger partial charge on any atom is 0.332 e. The van der Waals surface area contributed by atoms with Crippen molar-refractivity contribution >= 4 is 34.5 Å². The fourth-order valence-corrected chi connectivity index (χ4v) is 4.14. The molecule has 0 saturated heterocycles. The smallest absolute Gasteiger partial charge is 0.325 e. The van der Waals surface area contributed by atoms with Gasteiger partial charge in [-0.1, -0.05) is 30.0 Å². The molecule has 0 bridgehead atoms. The summed E-state index contributed by atoms with van der Waals surface area (Å²) in [5.41, 5.74) is 0.336. The van der Waals surface area contributed by atoms with Gasteiger partial charge in [-0.25, -0.2) is 18.6 Å². The van der Waals surface area contributed by atoms with Crippen molar-refractivity contribution in [3.63, 3.8) is 0 Å². The van der Waals surface area contributed by atoms with Crippen LogP contribution in [0.4, 0.5) is 14.5 Å². The Morgan fingerprint density at radius 3 is 2.45 bits per heavy atom. The van der Waals surface area contributed by atoms with E-state index in [0.717, 1.165) is 16.3 Å². The number of aromatic nitrogens is 4. The number of carbonyl (C=O) groups excluding carboxylic acids is 1. The molecule has 4 rings (SSSR count). The molecule has 8 nitrogen and oxygen atoms in total. The minimum Gasteiger partial charge on any atom is -0.325 e. The average molecular weight is 471 g/mol. The molecule has 0 unspecified atom stereocenters. The normalized spacial score (nSPS) is 11.2. The third-order valence-corrected chi connectivity index (χ3v) is 5.98. The first-order chi connectivity index (χ1) is 15.7. The minimum atomic E-state index is -0.529. The third-order valence-electron chi connectivity index (χ3n) is 5.01. The highest BCUT2D eigenvalue weighted by Gasteiger charge is 2.20. The molecule has 4 aromatic rings. The Hall–Kier alpha value is -3.73. The third kappa shape index (κ3) is 4.58. The first-order valence-electron chi connectivity index (χ1n) is 9.83. The van der Waals surface area contributed by atoms with Crippen LogP contribution in [0.15, 0.2) is 63.3 Å². The molecule has 0 fully saturated rings. The van der Waals surface area contributed by atoms with Crippen molar-refractivity contribution in [1.29, 1.82) is 0 Å². The van der Waals surface area contributed by atoms with E-state index in [1.54, 1.807) is 22.8 Å². The molecular weight excluding hydrogens is 452 g/mol. The second kappa shape index (κ2) is 9.02. The van der Waals surface area contributed by atoms with Crippen LogP contribution in [0.2, 0.25) is 0 Å². The quantitative estimate of drug-likeness (QED) is 0.437. The Bertz CT molecular complexity index is 1470. The zero-order valence-electron chi connectivity index (χ0n) is 17.7. The van der Waals surface area contributed by atoms with E-state index in [0.29, 0.717) is 16.4 Å². The number of carbonyl (C=O) groups is 1. The molecule has 0 saturated carbocycles. The highest BCUT2D eigenvalue weighted by molar-refractivity contribution is 7.99. The molecule has 1 N–H and O–H groups in total. The Kier molecular flexibility index (Phi) is 6.14. The Labute approximate surface area is 190 Å². The number of benzene rings is 2. The van der Waals surface area contributed by atoms with Crippen molar-refractivity contribution < 1.29 is 13.6 Å². The number of hydrogen-bond acceptors (Lipinski definition) is 5. The molecule has 170 valence electrons. The summed E-state index contributed by atoms with van der Waals surface area (Å²) in [5, 5.41) is 2.94. The lowest BCUT2D eigenvalue weighted by atomic mass is 10.2. The van der Waals surface area contributed by atoms with Crippen molar-refractivity contribution in [3.05, 3.63) is 86.6 Å². The van der Waals surface area contributed by atoms with Gasteiger partial charge in [0.1, 0.15) is 11.6 Å². The van der Waals surface area contributed by atoms with Crippen molar-refractivity contribution in [2.45, 2.75) is 11.7 Å². The Morgan fingerprint density at radius 1 is 1.03 bits per heavy atom. The van der Waals surface area contributed by atoms with Gasteiger partial charge in [0.25, 0.3) is 5.56 Å². The van der Waals surface area contributed by atoms with Crippen LogP contribution in [0.3, 0.4) is 0 Å². The topological polar surface area (TPSA) is 90.9 Å². The SMILES string of the molecule is Cn1c(=O)c2c(nc(SCC(=O)Nc3cccc(F)c3)n2Cc2ccc(F)cc2)n(C)c1=O. The maximum absolute atomic E-state index is 13.4. The summed E-state index contributed by atoms with van der Waals surface area (Å²) in [4.78, 5) is 42.1. The van der Waals surface area contributed by atoms with Gasteiger partial charge in [-0.3, -0.25) is 18.7 Å². The summed E-state index contributed by atoms with van der Waals surface area (Å²) >= 11 is 1.06. The molecule has 0 radical (unpaired) electrons. The number of nitrogens with zero attached hydrogens (tertiary/aromatic N) is 4. The molecular formula is C22H19F2N5O3S. The lowest BCUT2D eigenvalue weighted by Crippen LogP contribution is -2.37. The van der Waals surface area contributed by atoms with Gasteiger partial charge in [0.05, 0.1) is 12.3 Å². The average Bonchev–Trinajstić information content (AvgIpc) is 3.14. The Morgan fingerprint density at radius 2 is 1.76 bits per heavy atom. The van der Waals surface area contributed by atoms with E-state index in [-0.39, 0.29) is 23.5 Å². The van der Waals surface area contributed by atoms with Crippen LogP contribution in [-0.2, 0) is 25.4 Å². The molecule has 2 aromatic carbocycles. The summed E-state index contributed by atoms with van der Waals surface area (Å²) in [7, 11) is 2.88. The second-order valence-electron chi connectivity index (χ2n) is 7.33. The number of aryl methyl sites for hydroxylation is 1. The fraction of sp³-hybridized carbons (Fsp3) is 0.182. The molecule has 0 aliphatic rings. The molecule has 2 aromatic heterocycles. The summed E-state index contributed by atoms with van der Waals surface area (Å²) in [6.45, 7) is 0.179. The molecule has 2 heterocycles. The zero-order valence-corrected chi connectivity index (χ0v) is 18.5. The number of fused-ring (bicyclic) bond motifs is 1. The van der Waals surface area contributed by atoms with E-state index in [4.69, 9.17) is 0 Å². The number of halogens is 2. The highest BCUT2D eigenvalue weighted by atomic mass is 32.2. The summed E-state index contributed by atoms with van der Waals surface area (Å²) < 4.78 is 30.5. The van der Waals surface area contributed by atoms with E-state index < -0.39 is 28.8 Å². The largest absolute Gasteiger partial charge is 0.332 e. The van der Waals surface area contributed by atoms with Crippen molar-refractivity contribution in [3.8, 4) is 0 Å². The van der Waals surface area contributed by atoms with Gasteiger partial charge in [-0.05, 0) is 35.9 Å². The second-order valence-corrected chi connectivity index (χ2v) is 8.27. The van der Waals surface area contributed by atoms with E-state index >= 15 is 0 Å². The van der Waals surface area contributed by atoms with Gasteiger partial charge in [0, 0.05) is 19.8 Å². The number of hydrogen-bond donors (Lipinski definition) is 1. The molecule has 33 heavy (non-hydrogen) atoms. The molecule has 0 atom stereocenters. The van der Waals surface area contributed by atoms with Crippen molar-refractivity contribution in [2.75, 3.05) is 11.1 Å². The van der Waals surface area contributed by atoms with Crippen LogP contribution in [0, 0.1) is 11.6 Å². The molecule has 0 aliphatic carbocycles. The number of rotatable bonds is 6. The van der Waals surface area contributed by atoms with Crippen LogP contribution in [-0.4, -0.2) is 30.3 Å². The van der Waals surface area contributed by atoms with Gasteiger partial charge >= 0.3 is 5.69 Å². The monoisotopic (exact) mass is 471 g/mol. The van der Waals surface area contributed by atoms with Gasteiger partial charge < -0.3 is 9.88 Å². The summed E-state index contributed by atoms with van der Waals surface area (Å²) in [5.74, 6) is -1.33. The van der Waals surface area contributed by atoms with E-state index in [2.05, 4.69) is 10.3 Å². The van der Waals surface area contributed by atoms with Crippen LogP contribution in [0.5, 0.6) is 0 Å². The minimum absolute atomic E-state index is 0.0719. The predicted octanol–water partition coefficient (Wildman–Crippen LogP) is 2.49. The van der Waals surface area contributed by atoms with E-state index in [1.807, 2.05) is 0 Å². The number of thioether (sulfide) groups is 1.